The quantitative estimate of drug-likeness (QED) is 0.691. The van der Waals surface area contributed by atoms with Gasteiger partial charge in [-0.1, -0.05) is 6.07 Å². The minimum Gasteiger partial charge on any atom is -0.373 e. The monoisotopic (exact) mass is 449 g/mol. The topological polar surface area (TPSA) is 70.2 Å². The first-order valence-corrected chi connectivity index (χ1v) is 13.0. The number of amides is 1. The molecule has 3 fully saturated rings. The molecular formula is C23H35N3O4S. The summed E-state index contributed by atoms with van der Waals surface area (Å²) in [5.74, 6) is 0.522. The van der Waals surface area contributed by atoms with Crippen molar-refractivity contribution < 1.29 is 17.9 Å². The van der Waals surface area contributed by atoms with Crippen molar-refractivity contribution in [3.8, 4) is 0 Å². The molecule has 7 nitrogen and oxygen atoms in total. The van der Waals surface area contributed by atoms with Gasteiger partial charge in [0.1, 0.15) is 0 Å². The van der Waals surface area contributed by atoms with Crippen molar-refractivity contribution in [1.29, 1.82) is 0 Å². The van der Waals surface area contributed by atoms with E-state index in [2.05, 4.69) is 18.7 Å². The Morgan fingerprint density at radius 2 is 1.68 bits per heavy atom. The van der Waals surface area contributed by atoms with Crippen LogP contribution in [0.1, 0.15) is 49.9 Å². The molecule has 31 heavy (non-hydrogen) atoms. The van der Waals surface area contributed by atoms with Crippen molar-refractivity contribution >= 4 is 15.9 Å². The van der Waals surface area contributed by atoms with E-state index in [9.17, 15) is 13.2 Å². The molecule has 4 rings (SSSR count). The smallest absolute Gasteiger partial charge is 0.253 e. The zero-order chi connectivity index (χ0) is 22.0. The number of carbonyl (C=O) groups is 1. The summed E-state index contributed by atoms with van der Waals surface area (Å²) in [7, 11) is -3.51. The summed E-state index contributed by atoms with van der Waals surface area (Å²) in [6, 6.07) is 6.57. The van der Waals surface area contributed by atoms with Crippen molar-refractivity contribution in [1.82, 2.24) is 14.1 Å². The maximum atomic E-state index is 13.1. The Hall–Kier alpha value is -1.48. The Balaban J connectivity index is 1.35. The highest BCUT2D eigenvalue weighted by Crippen LogP contribution is 2.25. The molecule has 0 bridgehead atoms. The summed E-state index contributed by atoms with van der Waals surface area (Å²) < 4.78 is 33.1. The van der Waals surface area contributed by atoms with Gasteiger partial charge in [0.25, 0.3) is 5.91 Å². The number of ether oxygens (including phenoxy) is 1. The third-order valence-corrected chi connectivity index (χ3v) is 8.59. The van der Waals surface area contributed by atoms with E-state index in [1.165, 1.54) is 4.31 Å². The van der Waals surface area contributed by atoms with Gasteiger partial charge in [-0.25, -0.2) is 8.42 Å². The molecule has 1 amide bonds. The van der Waals surface area contributed by atoms with Gasteiger partial charge in [0.15, 0.2) is 0 Å². The summed E-state index contributed by atoms with van der Waals surface area (Å²) in [6.45, 7) is 9.84. The molecular weight excluding hydrogens is 414 g/mol. The summed E-state index contributed by atoms with van der Waals surface area (Å²) in [5.41, 5.74) is 0.467. The molecule has 172 valence electrons. The number of nitrogens with zero attached hydrogens (tertiary/aromatic N) is 3. The highest BCUT2D eigenvalue weighted by Gasteiger charge is 2.30. The number of benzene rings is 1. The molecule has 3 saturated heterocycles. The van der Waals surface area contributed by atoms with E-state index in [0.717, 1.165) is 58.4 Å². The third-order valence-electron chi connectivity index (χ3n) is 6.70. The van der Waals surface area contributed by atoms with Crippen molar-refractivity contribution in [3.63, 3.8) is 0 Å². The maximum Gasteiger partial charge on any atom is 0.253 e. The van der Waals surface area contributed by atoms with Crippen LogP contribution in [-0.4, -0.2) is 86.5 Å². The fourth-order valence-corrected chi connectivity index (χ4v) is 6.73. The molecule has 0 aromatic heterocycles. The number of sulfonamides is 1. The largest absolute Gasteiger partial charge is 0.373 e. The lowest BCUT2D eigenvalue weighted by Gasteiger charge is -2.39. The number of hydrogen-bond donors (Lipinski definition) is 0. The third kappa shape index (κ3) is 5.30. The second-order valence-electron chi connectivity index (χ2n) is 9.35. The van der Waals surface area contributed by atoms with Gasteiger partial charge >= 0.3 is 0 Å². The van der Waals surface area contributed by atoms with Gasteiger partial charge in [0.2, 0.25) is 10.0 Å². The lowest BCUT2D eigenvalue weighted by Crippen LogP contribution is -2.48. The van der Waals surface area contributed by atoms with E-state index in [1.807, 2.05) is 4.90 Å². The molecule has 1 aromatic rings. The molecule has 2 atom stereocenters. The molecule has 8 heteroatoms. The summed E-state index contributed by atoms with van der Waals surface area (Å²) >= 11 is 0. The van der Waals surface area contributed by atoms with Crippen molar-refractivity contribution in [2.75, 3.05) is 45.8 Å². The molecule has 0 aliphatic carbocycles. The second-order valence-corrected chi connectivity index (χ2v) is 11.3. The number of hydrogen-bond acceptors (Lipinski definition) is 5. The predicted octanol–water partition coefficient (Wildman–Crippen LogP) is 2.43. The van der Waals surface area contributed by atoms with Crippen molar-refractivity contribution in [2.45, 2.75) is 56.6 Å². The van der Waals surface area contributed by atoms with E-state index in [4.69, 9.17) is 4.74 Å². The molecule has 2 unspecified atom stereocenters. The van der Waals surface area contributed by atoms with Gasteiger partial charge in [-0.15, -0.1) is 0 Å². The molecule has 1 aromatic carbocycles. The van der Waals surface area contributed by atoms with Gasteiger partial charge in [-0.3, -0.25) is 9.69 Å². The molecule has 3 heterocycles. The average molecular weight is 450 g/mol. The van der Waals surface area contributed by atoms with Crippen LogP contribution in [0.25, 0.3) is 0 Å². The molecule has 3 aliphatic rings. The van der Waals surface area contributed by atoms with E-state index in [0.29, 0.717) is 24.6 Å². The van der Waals surface area contributed by atoms with E-state index >= 15 is 0 Å². The Morgan fingerprint density at radius 3 is 2.32 bits per heavy atom. The Bertz CT molecular complexity index is 867. The van der Waals surface area contributed by atoms with E-state index in [1.54, 1.807) is 24.3 Å². The van der Waals surface area contributed by atoms with Crippen LogP contribution < -0.4 is 0 Å². The lowest BCUT2D eigenvalue weighted by molar-refractivity contribution is -0.0728. The van der Waals surface area contributed by atoms with Gasteiger partial charge in [0.05, 0.1) is 17.1 Å². The minimum atomic E-state index is -3.51. The van der Waals surface area contributed by atoms with Gasteiger partial charge in [0, 0.05) is 51.4 Å². The van der Waals surface area contributed by atoms with Crippen LogP contribution in [-0.2, 0) is 14.8 Å². The summed E-state index contributed by atoms with van der Waals surface area (Å²) in [6.07, 6.45) is 4.31. The highest BCUT2D eigenvalue weighted by molar-refractivity contribution is 7.89. The number of morpholine rings is 1. The Morgan fingerprint density at radius 1 is 1.03 bits per heavy atom. The van der Waals surface area contributed by atoms with Crippen molar-refractivity contribution in [3.05, 3.63) is 29.8 Å². The number of likely N-dealkylation sites (tertiary alicyclic amines) is 1. The number of rotatable bonds is 5. The molecule has 0 radical (unpaired) electrons. The lowest BCUT2D eigenvalue weighted by atomic mass is 9.95. The maximum absolute atomic E-state index is 13.1. The first-order valence-electron chi connectivity index (χ1n) is 11.6. The summed E-state index contributed by atoms with van der Waals surface area (Å²) in [4.78, 5) is 17.7. The molecule has 0 N–H and O–H groups in total. The molecule has 0 saturated carbocycles. The fourth-order valence-electron chi connectivity index (χ4n) is 5.17. The van der Waals surface area contributed by atoms with E-state index < -0.39 is 10.0 Å². The fraction of sp³-hybridized carbons (Fsp3) is 0.696. The van der Waals surface area contributed by atoms with Crippen LogP contribution in [0.15, 0.2) is 29.2 Å². The number of piperidine rings is 1. The van der Waals surface area contributed by atoms with Crippen LogP contribution >= 0.6 is 0 Å². The standard InChI is InChI=1S/C23H35N3O4S/c1-18-15-24(16-19(2)30-18)17-20-8-12-25(13-9-20)23(27)21-6-5-7-22(14-21)31(28,29)26-10-3-4-11-26/h5-7,14,18-20H,3-4,8-13,15-17H2,1-2H3. The zero-order valence-corrected chi connectivity index (χ0v) is 19.5. The molecule has 3 aliphatic heterocycles. The summed E-state index contributed by atoms with van der Waals surface area (Å²) in [5, 5.41) is 0. The zero-order valence-electron chi connectivity index (χ0n) is 18.7. The first kappa shape index (κ1) is 22.7. The van der Waals surface area contributed by atoms with Crippen LogP contribution in [0.2, 0.25) is 0 Å². The minimum absolute atomic E-state index is 0.0643. The highest BCUT2D eigenvalue weighted by atomic mass is 32.2. The van der Waals surface area contributed by atoms with E-state index in [-0.39, 0.29) is 23.0 Å². The van der Waals surface area contributed by atoms with Gasteiger partial charge < -0.3 is 9.64 Å². The predicted molar refractivity (Wildman–Crippen MR) is 120 cm³/mol. The number of carbonyl (C=O) groups excluding carboxylic acids is 1. The first-order chi connectivity index (χ1) is 14.8. The van der Waals surface area contributed by atoms with Gasteiger partial charge in [-0.2, -0.15) is 4.31 Å². The average Bonchev–Trinajstić information content (AvgIpc) is 3.29. The van der Waals surface area contributed by atoms with Crippen LogP contribution in [0, 0.1) is 5.92 Å². The second kappa shape index (κ2) is 9.57. The van der Waals surface area contributed by atoms with Crippen LogP contribution in [0.3, 0.4) is 0 Å². The van der Waals surface area contributed by atoms with Crippen LogP contribution in [0.5, 0.6) is 0 Å². The van der Waals surface area contributed by atoms with Crippen molar-refractivity contribution in [2.24, 2.45) is 5.92 Å². The SMILES string of the molecule is CC1CN(CC2CCN(C(=O)c3cccc(S(=O)(=O)N4CCCC4)c3)CC2)CC(C)O1. The molecule has 0 spiro atoms. The Labute approximate surface area is 186 Å². The normalized spacial score (nSPS) is 27.0. The van der Waals surface area contributed by atoms with Gasteiger partial charge in [-0.05, 0) is 63.6 Å². The van der Waals surface area contributed by atoms with Crippen LogP contribution in [0.4, 0.5) is 0 Å². The Kier molecular flexibility index (Phi) is 7.01.